The van der Waals surface area contributed by atoms with Gasteiger partial charge in [-0.05, 0) is 17.5 Å². The highest BCUT2D eigenvalue weighted by Gasteiger charge is 2.17. The van der Waals surface area contributed by atoms with Gasteiger partial charge in [-0.15, -0.1) is 0 Å². The SMILES string of the molecule is O=C(O)c1cccc2cccc(C(=O)NCC(F)F)c12. The highest BCUT2D eigenvalue weighted by atomic mass is 19.3. The second kappa shape index (κ2) is 5.64. The maximum absolute atomic E-state index is 12.1. The molecule has 0 aliphatic rings. The molecule has 104 valence electrons. The molecule has 2 rings (SSSR count). The van der Waals surface area contributed by atoms with Gasteiger partial charge in [-0.25, -0.2) is 13.6 Å². The van der Waals surface area contributed by atoms with Gasteiger partial charge >= 0.3 is 5.97 Å². The Morgan fingerprint density at radius 2 is 1.70 bits per heavy atom. The average molecular weight is 279 g/mol. The molecule has 4 nitrogen and oxygen atoms in total. The fourth-order valence-electron chi connectivity index (χ4n) is 1.97. The molecule has 0 aliphatic heterocycles. The minimum Gasteiger partial charge on any atom is -0.478 e. The molecule has 20 heavy (non-hydrogen) atoms. The Labute approximate surface area is 113 Å². The number of rotatable bonds is 4. The maximum atomic E-state index is 12.1. The topological polar surface area (TPSA) is 66.4 Å². The van der Waals surface area contributed by atoms with Gasteiger partial charge in [-0.3, -0.25) is 4.79 Å². The summed E-state index contributed by atoms with van der Waals surface area (Å²) in [5.41, 5.74) is 0.0337. The van der Waals surface area contributed by atoms with Crippen molar-refractivity contribution in [2.75, 3.05) is 6.54 Å². The van der Waals surface area contributed by atoms with E-state index in [-0.39, 0.29) is 16.5 Å². The second-order valence-corrected chi connectivity index (χ2v) is 4.12. The zero-order valence-electron chi connectivity index (χ0n) is 10.3. The van der Waals surface area contributed by atoms with Crippen LogP contribution < -0.4 is 5.32 Å². The largest absolute Gasteiger partial charge is 0.478 e. The van der Waals surface area contributed by atoms with Gasteiger partial charge in [0.1, 0.15) is 0 Å². The summed E-state index contributed by atoms with van der Waals surface area (Å²) in [4.78, 5) is 23.1. The molecule has 0 aromatic heterocycles. The van der Waals surface area contributed by atoms with Gasteiger partial charge in [0.05, 0.1) is 12.1 Å². The van der Waals surface area contributed by atoms with Crippen molar-refractivity contribution in [1.29, 1.82) is 0 Å². The van der Waals surface area contributed by atoms with Crippen molar-refractivity contribution in [2.45, 2.75) is 6.43 Å². The molecule has 2 aromatic rings. The Morgan fingerprint density at radius 1 is 1.10 bits per heavy atom. The molecule has 0 heterocycles. The van der Waals surface area contributed by atoms with Crippen LogP contribution in [0.25, 0.3) is 10.8 Å². The molecule has 0 fully saturated rings. The average Bonchev–Trinajstić information content (AvgIpc) is 2.43. The molecule has 0 spiro atoms. The summed E-state index contributed by atoms with van der Waals surface area (Å²) in [5, 5.41) is 12.0. The van der Waals surface area contributed by atoms with Crippen molar-refractivity contribution < 1.29 is 23.5 Å². The minimum atomic E-state index is -2.66. The molecule has 2 N–H and O–H groups in total. The fourth-order valence-corrected chi connectivity index (χ4v) is 1.97. The lowest BCUT2D eigenvalue weighted by atomic mass is 9.98. The number of carbonyl (C=O) groups excluding carboxylic acids is 1. The maximum Gasteiger partial charge on any atom is 0.336 e. The van der Waals surface area contributed by atoms with Gasteiger partial charge in [0.15, 0.2) is 0 Å². The molecule has 0 radical (unpaired) electrons. The lowest BCUT2D eigenvalue weighted by Gasteiger charge is -2.09. The Hall–Kier alpha value is -2.50. The van der Waals surface area contributed by atoms with Crippen LogP contribution in [0.3, 0.4) is 0 Å². The molecule has 0 atom stereocenters. The predicted molar refractivity (Wildman–Crippen MR) is 69.2 cm³/mol. The molecule has 0 unspecified atom stereocenters. The van der Waals surface area contributed by atoms with Gasteiger partial charge < -0.3 is 10.4 Å². The number of hydrogen-bond donors (Lipinski definition) is 2. The van der Waals surface area contributed by atoms with E-state index in [1.54, 1.807) is 24.3 Å². The summed E-state index contributed by atoms with van der Waals surface area (Å²) in [6.07, 6.45) is -2.66. The number of halogens is 2. The highest BCUT2D eigenvalue weighted by molar-refractivity contribution is 6.14. The third kappa shape index (κ3) is 2.74. The Balaban J connectivity index is 2.53. The van der Waals surface area contributed by atoms with Gasteiger partial charge in [-0.1, -0.05) is 24.3 Å². The van der Waals surface area contributed by atoms with Crippen molar-refractivity contribution in [3.63, 3.8) is 0 Å². The molecule has 0 bridgehead atoms. The van der Waals surface area contributed by atoms with Crippen LogP contribution in [0, 0.1) is 0 Å². The summed E-state index contributed by atoms with van der Waals surface area (Å²) < 4.78 is 24.2. The van der Waals surface area contributed by atoms with Crippen molar-refractivity contribution in [3.8, 4) is 0 Å². The van der Waals surface area contributed by atoms with E-state index < -0.39 is 24.8 Å². The molecule has 0 aliphatic carbocycles. The molecule has 0 saturated carbocycles. The Bertz CT molecular complexity index is 665. The quantitative estimate of drug-likeness (QED) is 0.903. The van der Waals surface area contributed by atoms with E-state index in [1.165, 1.54) is 12.1 Å². The normalized spacial score (nSPS) is 10.8. The number of carbonyl (C=O) groups is 2. The number of carboxylic acid groups (broad SMARTS) is 1. The van der Waals surface area contributed by atoms with Gasteiger partial charge in [0.2, 0.25) is 0 Å². The lowest BCUT2D eigenvalue weighted by Crippen LogP contribution is -2.28. The first kappa shape index (κ1) is 13.9. The van der Waals surface area contributed by atoms with Crippen molar-refractivity contribution in [1.82, 2.24) is 5.32 Å². The van der Waals surface area contributed by atoms with E-state index in [2.05, 4.69) is 5.32 Å². The number of hydrogen-bond acceptors (Lipinski definition) is 2. The van der Waals surface area contributed by atoms with E-state index in [4.69, 9.17) is 5.11 Å². The highest BCUT2D eigenvalue weighted by Crippen LogP contribution is 2.23. The Kier molecular flexibility index (Phi) is 3.93. The molecule has 0 saturated heterocycles. The summed E-state index contributed by atoms with van der Waals surface area (Å²) >= 11 is 0. The van der Waals surface area contributed by atoms with E-state index in [0.29, 0.717) is 5.39 Å². The first-order valence-electron chi connectivity index (χ1n) is 5.82. The van der Waals surface area contributed by atoms with Gasteiger partial charge in [-0.2, -0.15) is 0 Å². The first-order chi connectivity index (χ1) is 9.50. The summed E-state index contributed by atoms with van der Waals surface area (Å²) in [6, 6.07) is 9.24. The summed E-state index contributed by atoms with van der Waals surface area (Å²) in [6.45, 7) is -0.773. The van der Waals surface area contributed by atoms with E-state index >= 15 is 0 Å². The zero-order chi connectivity index (χ0) is 14.7. The predicted octanol–water partition coefficient (Wildman–Crippen LogP) is 2.53. The number of carboxylic acids is 1. The van der Waals surface area contributed by atoms with Gasteiger partial charge in [0, 0.05) is 10.9 Å². The molecular weight excluding hydrogens is 268 g/mol. The van der Waals surface area contributed by atoms with E-state index in [1.807, 2.05) is 0 Å². The standard InChI is InChI=1S/C14H11F2NO3/c15-11(16)7-17-13(18)9-5-1-3-8-4-2-6-10(12(8)9)14(19)20/h1-6,11H,7H2,(H,17,18)(H,19,20). The number of amides is 1. The molecule has 6 heteroatoms. The molecule has 1 amide bonds. The third-order valence-electron chi connectivity index (χ3n) is 2.80. The van der Waals surface area contributed by atoms with Crippen LogP contribution in [-0.2, 0) is 0 Å². The lowest BCUT2D eigenvalue weighted by molar-refractivity contribution is 0.0699. The van der Waals surface area contributed by atoms with Crippen LogP contribution in [0.5, 0.6) is 0 Å². The Morgan fingerprint density at radius 3 is 2.25 bits per heavy atom. The van der Waals surface area contributed by atoms with Crippen LogP contribution in [-0.4, -0.2) is 30.0 Å². The van der Waals surface area contributed by atoms with E-state index in [9.17, 15) is 18.4 Å². The van der Waals surface area contributed by atoms with Crippen LogP contribution in [0.4, 0.5) is 8.78 Å². The number of alkyl halides is 2. The fraction of sp³-hybridized carbons (Fsp3) is 0.143. The van der Waals surface area contributed by atoms with Crippen molar-refractivity contribution in [2.24, 2.45) is 0 Å². The summed E-state index contributed by atoms with van der Waals surface area (Å²) in [5.74, 6) is -1.89. The van der Waals surface area contributed by atoms with Crippen LogP contribution in [0.1, 0.15) is 20.7 Å². The second-order valence-electron chi connectivity index (χ2n) is 4.12. The zero-order valence-corrected chi connectivity index (χ0v) is 10.3. The molecular formula is C14H11F2NO3. The van der Waals surface area contributed by atoms with Crippen molar-refractivity contribution in [3.05, 3.63) is 47.5 Å². The smallest absolute Gasteiger partial charge is 0.336 e. The monoisotopic (exact) mass is 279 g/mol. The summed E-state index contributed by atoms with van der Waals surface area (Å²) in [7, 11) is 0. The van der Waals surface area contributed by atoms with Crippen LogP contribution in [0.2, 0.25) is 0 Å². The number of nitrogens with one attached hydrogen (secondary N) is 1. The number of aromatic carboxylic acids is 1. The van der Waals surface area contributed by atoms with Crippen molar-refractivity contribution >= 4 is 22.6 Å². The molecule has 2 aromatic carbocycles. The van der Waals surface area contributed by atoms with Crippen LogP contribution >= 0.6 is 0 Å². The van der Waals surface area contributed by atoms with E-state index in [0.717, 1.165) is 0 Å². The number of benzene rings is 2. The van der Waals surface area contributed by atoms with Crippen LogP contribution in [0.15, 0.2) is 36.4 Å². The first-order valence-corrected chi connectivity index (χ1v) is 5.82. The van der Waals surface area contributed by atoms with Gasteiger partial charge in [0.25, 0.3) is 12.3 Å². The number of fused-ring (bicyclic) bond motifs is 1. The third-order valence-corrected chi connectivity index (χ3v) is 2.80. The minimum absolute atomic E-state index is 0.0368.